The molecule has 176 valence electrons. The predicted molar refractivity (Wildman–Crippen MR) is 129 cm³/mol. The quantitative estimate of drug-likeness (QED) is 0.594. The summed E-state index contributed by atoms with van der Waals surface area (Å²) in [7, 11) is 1.77. The lowest BCUT2D eigenvalue weighted by molar-refractivity contribution is 0.103. The van der Waals surface area contributed by atoms with E-state index in [9.17, 15) is 14.7 Å². The van der Waals surface area contributed by atoms with Gasteiger partial charge in [-0.25, -0.2) is 14.6 Å². The van der Waals surface area contributed by atoms with Gasteiger partial charge in [-0.2, -0.15) is 0 Å². The highest BCUT2D eigenvalue weighted by Gasteiger charge is 2.31. The second-order valence-corrected chi connectivity index (χ2v) is 10.5. The molecule has 2 unspecified atom stereocenters. The largest absolute Gasteiger partial charge is 0.465 e. The van der Waals surface area contributed by atoms with Crippen LogP contribution >= 0.6 is 0 Å². The Balaban J connectivity index is 1.60. The fourth-order valence-electron chi connectivity index (χ4n) is 4.99. The number of pyridine rings is 1. The van der Waals surface area contributed by atoms with Crippen LogP contribution in [-0.4, -0.2) is 36.3 Å². The van der Waals surface area contributed by atoms with Gasteiger partial charge in [0, 0.05) is 37.8 Å². The Morgan fingerprint density at radius 2 is 1.88 bits per heavy atom. The van der Waals surface area contributed by atoms with Gasteiger partial charge in [0.2, 0.25) is 0 Å². The molecule has 0 aliphatic heterocycles. The summed E-state index contributed by atoms with van der Waals surface area (Å²) in [4.78, 5) is 31.4. The van der Waals surface area contributed by atoms with Crippen LogP contribution in [0.5, 0.6) is 0 Å². The van der Waals surface area contributed by atoms with Crippen molar-refractivity contribution in [3.05, 3.63) is 64.2 Å². The molecule has 1 aliphatic rings. The third kappa shape index (κ3) is 4.97. The number of amides is 1. The van der Waals surface area contributed by atoms with Gasteiger partial charge in [0.15, 0.2) is 5.65 Å². The number of carboxylic acid groups (broad SMARTS) is 1. The van der Waals surface area contributed by atoms with Crippen LogP contribution in [0.15, 0.2) is 47.3 Å². The summed E-state index contributed by atoms with van der Waals surface area (Å²) in [6.45, 7) is 7.37. The van der Waals surface area contributed by atoms with Crippen LogP contribution < -0.4 is 5.69 Å². The maximum atomic E-state index is 12.9. The predicted octanol–water partition coefficient (Wildman–Crippen LogP) is 4.99. The first kappa shape index (κ1) is 23.1. The second-order valence-electron chi connectivity index (χ2n) is 10.5. The molecule has 0 bridgehead atoms. The molecule has 1 aliphatic carbocycles. The first-order valence-corrected chi connectivity index (χ1v) is 11.7. The third-order valence-electron chi connectivity index (χ3n) is 6.58. The molecular formula is C26H34N4O3. The molecule has 0 spiro atoms. The summed E-state index contributed by atoms with van der Waals surface area (Å²) in [6, 6.07) is 13.7. The number of hydrogen-bond donors (Lipinski definition) is 1. The molecule has 7 nitrogen and oxygen atoms in total. The summed E-state index contributed by atoms with van der Waals surface area (Å²) >= 11 is 0. The van der Waals surface area contributed by atoms with E-state index in [-0.39, 0.29) is 23.1 Å². The zero-order chi connectivity index (χ0) is 23.8. The smallest absolute Gasteiger partial charge is 0.407 e. The van der Waals surface area contributed by atoms with Crippen molar-refractivity contribution in [1.29, 1.82) is 0 Å². The number of aryl methyl sites for hydroxylation is 1. The van der Waals surface area contributed by atoms with E-state index < -0.39 is 6.09 Å². The number of nitrogens with zero attached hydrogens (tertiary/aromatic N) is 4. The van der Waals surface area contributed by atoms with Crippen molar-refractivity contribution in [2.75, 3.05) is 0 Å². The molecule has 2 atom stereocenters. The molecule has 2 heterocycles. The maximum Gasteiger partial charge on any atom is 0.407 e. The first-order chi connectivity index (χ1) is 15.6. The molecular weight excluding hydrogens is 416 g/mol. The van der Waals surface area contributed by atoms with Crippen LogP contribution in [0.1, 0.15) is 63.6 Å². The lowest BCUT2D eigenvalue weighted by atomic mass is 9.82. The number of rotatable bonds is 5. The van der Waals surface area contributed by atoms with Crippen LogP contribution in [-0.2, 0) is 20.1 Å². The number of benzene rings is 1. The molecule has 1 fully saturated rings. The van der Waals surface area contributed by atoms with Gasteiger partial charge in [-0.1, -0.05) is 57.5 Å². The topological polar surface area (TPSA) is 80.4 Å². The van der Waals surface area contributed by atoms with Crippen LogP contribution in [0.25, 0.3) is 11.2 Å². The normalized spacial score (nSPS) is 19.0. The van der Waals surface area contributed by atoms with E-state index in [0.717, 1.165) is 42.5 Å². The second kappa shape index (κ2) is 9.04. The maximum absolute atomic E-state index is 12.9. The molecule has 2 aromatic heterocycles. The van der Waals surface area contributed by atoms with E-state index in [4.69, 9.17) is 4.98 Å². The Morgan fingerprint density at radius 3 is 2.55 bits per heavy atom. The zero-order valence-corrected chi connectivity index (χ0v) is 20.0. The monoisotopic (exact) mass is 450 g/mol. The van der Waals surface area contributed by atoms with Gasteiger partial charge in [0.1, 0.15) is 0 Å². The molecule has 1 saturated carbocycles. The Morgan fingerprint density at radius 1 is 1.15 bits per heavy atom. The van der Waals surface area contributed by atoms with E-state index in [0.29, 0.717) is 18.7 Å². The van der Waals surface area contributed by atoms with Crippen LogP contribution in [0.4, 0.5) is 4.79 Å². The molecule has 1 aromatic carbocycles. The molecule has 0 radical (unpaired) electrons. The fourth-order valence-corrected chi connectivity index (χ4v) is 4.99. The van der Waals surface area contributed by atoms with E-state index in [1.807, 2.05) is 47.0 Å². The number of aromatic nitrogens is 3. The highest BCUT2D eigenvalue weighted by Crippen LogP contribution is 2.35. The van der Waals surface area contributed by atoms with Gasteiger partial charge >= 0.3 is 11.8 Å². The number of fused-ring (bicyclic) bond motifs is 1. The van der Waals surface area contributed by atoms with Crippen LogP contribution in [0.3, 0.4) is 0 Å². The summed E-state index contributed by atoms with van der Waals surface area (Å²) in [5.74, 6) is 0.173. The number of imidazole rings is 1. The minimum Gasteiger partial charge on any atom is -0.465 e. The van der Waals surface area contributed by atoms with Crippen molar-refractivity contribution in [3.8, 4) is 0 Å². The lowest BCUT2D eigenvalue weighted by Crippen LogP contribution is -2.41. The molecule has 3 aromatic rings. The van der Waals surface area contributed by atoms with E-state index in [1.54, 1.807) is 16.5 Å². The SMILES string of the molecule is Cn1c(=O)n(CC(C)(C)C)c2ccc(C3CCCC(N(Cc4ccccc4)C(=O)O)C3)nc21. The molecule has 1 amide bonds. The standard InChI is InChI=1S/C26H34N4O3/c1-26(2,3)17-30-22-14-13-21(27-23(22)28(4)24(30)31)19-11-8-12-20(15-19)29(25(32)33)16-18-9-6-5-7-10-18/h5-7,9-10,13-14,19-20H,8,11-12,15-17H2,1-4H3,(H,32,33). The van der Waals surface area contributed by atoms with Gasteiger partial charge in [-0.15, -0.1) is 0 Å². The highest BCUT2D eigenvalue weighted by molar-refractivity contribution is 5.72. The Labute approximate surface area is 194 Å². The molecule has 1 N–H and O–H groups in total. The van der Waals surface area contributed by atoms with E-state index in [1.165, 1.54) is 0 Å². The van der Waals surface area contributed by atoms with Crippen molar-refractivity contribution in [2.45, 2.75) is 71.5 Å². The molecule has 33 heavy (non-hydrogen) atoms. The summed E-state index contributed by atoms with van der Waals surface area (Å²) in [6.07, 6.45) is 2.66. The molecule has 0 saturated heterocycles. The van der Waals surface area contributed by atoms with Gasteiger partial charge in [-0.05, 0) is 42.4 Å². The highest BCUT2D eigenvalue weighted by atomic mass is 16.4. The minimum absolute atomic E-state index is 0.0214. The van der Waals surface area contributed by atoms with Gasteiger partial charge < -0.3 is 10.0 Å². The van der Waals surface area contributed by atoms with Crippen molar-refractivity contribution < 1.29 is 9.90 Å². The average Bonchev–Trinajstić information content (AvgIpc) is 3.01. The van der Waals surface area contributed by atoms with Crippen molar-refractivity contribution in [2.24, 2.45) is 12.5 Å². The van der Waals surface area contributed by atoms with Gasteiger partial charge in [0.25, 0.3) is 0 Å². The Hall–Kier alpha value is -3.09. The van der Waals surface area contributed by atoms with E-state index >= 15 is 0 Å². The van der Waals surface area contributed by atoms with Gasteiger partial charge in [0.05, 0.1) is 5.52 Å². The van der Waals surface area contributed by atoms with Crippen molar-refractivity contribution >= 4 is 17.3 Å². The summed E-state index contributed by atoms with van der Waals surface area (Å²) in [5, 5.41) is 9.92. The number of hydrogen-bond acceptors (Lipinski definition) is 3. The zero-order valence-electron chi connectivity index (χ0n) is 20.0. The average molecular weight is 451 g/mol. The van der Waals surface area contributed by atoms with Crippen molar-refractivity contribution in [1.82, 2.24) is 19.0 Å². The third-order valence-corrected chi connectivity index (χ3v) is 6.58. The Bertz CT molecular complexity index is 1190. The summed E-state index contributed by atoms with van der Waals surface area (Å²) in [5.41, 5.74) is 3.42. The first-order valence-electron chi connectivity index (χ1n) is 11.7. The Kier molecular flexibility index (Phi) is 6.32. The molecule has 4 rings (SSSR count). The molecule has 7 heteroatoms. The van der Waals surface area contributed by atoms with E-state index in [2.05, 4.69) is 20.8 Å². The summed E-state index contributed by atoms with van der Waals surface area (Å²) < 4.78 is 3.44. The van der Waals surface area contributed by atoms with Gasteiger partial charge in [-0.3, -0.25) is 9.13 Å². The van der Waals surface area contributed by atoms with Crippen LogP contribution in [0.2, 0.25) is 0 Å². The van der Waals surface area contributed by atoms with Crippen LogP contribution in [0, 0.1) is 5.41 Å². The minimum atomic E-state index is -0.880. The lowest BCUT2D eigenvalue weighted by Gasteiger charge is -2.36. The number of carbonyl (C=O) groups is 1. The van der Waals surface area contributed by atoms with Crippen molar-refractivity contribution in [3.63, 3.8) is 0 Å². The fraction of sp³-hybridized carbons (Fsp3) is 0.500.